The topological polar surface area (TPSA) is 55.0 Å². The van der Waals surface area contributed by atoms with E-state index in [1.807, 2.05) is 18.3 Å². The third-order valence-corrected chi connectivity index (χ3v) is 7.05. The molecule has 0 atom stereocenters. The fraction of sp³-hybridized carbons (Fsp3) is 0.412. The number of nitrogens with zero attached hydrogens (tertiary/aromatic N) is 3. The van der Waals surface area contributed by atoms with Crippen LogP contribution in [-0.2, 0) is 0 Å². The molecular formula is C17H18Cl2N4S. The second-order valence-electron chi connectivity index (χ2n) is 6.60. The Balaban J connectivity index is 1.53. The summed E-state index contributed by atoms with van der Waals surface area (Å²) in [6, 6.07) is 5.52. The Hall–Kier alpha value is -1.17. The summed E-state index contributed by atoms with van der Waals surface area (Å²) >= 11 is 13.7. The normalized spacial score (nSPS) is 18.8. The molecule has 126 valence electrons. The molecule has 4 nitrogen and oxygen atoms in total. The van der Waals surface area contributed by atoms with E-state index in [1.54, 1.807) is 6.07 Å². The number of halogens is 2. The molecule has 1 aromatic heterocycles. The lowest BCUT2D eigenvalue weighted by Crippen LogP contribution is -2.33. The van der Waals surface area contributed by atoms with Gasteiger partial charge < -0.3 is 10.6 Å². The van der Waals surface area contributed by atoms with Gasteiger partial charge in [0.1, 0.15) is 10.8 Å². The summed E-state index contributed by atoms with van der Waals surface area (Å²) in [7, 11) is 0. The minimum absolute atomic E-state index is 0.433. The predicted molar refractivity (Wildman–Crippen MR) is 100 cm³/mol. The highest BCUT2D eigenvalue weighted by Crippen LogP contribution is 2.48. The van der Waals surface area contributed by atoms with Crippen molar-refractivity contribution in [2.24, 2.45) is 5.41 Å². The zero-order valence-corrected chi connectivity index (χ0v) is 15.5. The SMILES string of the molecule is Nc1nc(N2CCC3(CCC3)C2)cnc1Sc1cccc(Cl)c1Cl. The summed E-state index contributed by atoms with van der Waals surface area (Å²) < 4.78 is 0. The monoisotopic (exact) mass is 380 g/mol. The van der Waals surface area contributed by atoms with Crippen molar-refractivity contribution in [1.82, 2.24) is 9.97 Å². The molecule has 2 aromatic rings. The van der Waals surface area contributed by atoms with Crippen molar-refractivity contribution >= 4 is 46.6 Å². The summed E-state index contributed by atoms with van der Waals surface area (Å²) in [5.74, 6) is 1.31. The van der Waals surface area contributed by atoms with E-state index in [0.29, 0.717) is 26.3 Å². The quantitative estimate of drug-likeness (QED) is 0.820. The zero-order chi connectivity index (χ0) is 16.7. The number of anilines is 2. The van der Waals surface area contributed by atoms with Crippen LogP contribution < -0.4 is 10.6 Å². The number of rotatable bonds is 3. The first-order valence-electron chi connectivity index (χ1n) is 8.06. The lowest BCUT2D eigenvalue weighted by molar-refractivity contribution is 0.165. The van der Waals surface area contributed by atoms with E-state index in [2.05, 4.69) is 14.9 Å². The third-order valence-electron chi connectivity index (χ3n) is 5.05. The fourth-order valence-corrected chi connectivity index (χ4v) is 4.78. The maximum Gasteiger partial charge on any atom is 0.158 e. The van der Waals surface area contributed by atoms with E-state index in [9.17, 15) is 0 Å². The molecule has 1 saturated carbocycles. The van der Waals surface area contributed by atoms with E-state index in [1.165, 1.54) is 37.4 Å². The second kappa shape index (κ2) is 6.28. The van der Waals surface area contributed by atoms with E-state index < -0.39 is 0 Å². The van der Waals surface area contributed by atoms with E-state index in [4.69, 9.17) is 28.9 Å². The highest BCUT2D eigenvalue weighted by atomic mass is 35.5. The van der Waals surface area contributed by atoms with Gasteiger partial charge in [0.2, 0.25) is 0 Å². The summed E-state index contributed by atoms with van der Waals surface area (Å²) in [6.07, 6.45) is 7.11. The van der Waals surface area contributed by atoms with Crippen LogP contribution in [0, 0.1) is 5.41 Å². The molecule has 1 aliphatic heterocycles. The maximum atomic E-state index is 6.23. The molecule has 0 amide bonds. The van der Waals surface area contributed by atoms with Crippen molar-refractivity contribution in [3.8, 4) is 0 Å². The summed E-state index contributed by atoms with van der Waals surface area (Å²) in [4.78, 5) is 12.2. The molecule has 2 N–H and O–H groups in total. The molecule has 7 heteroatoms. The summed E-state index contributed by atoms with van der Waals surface area (Å²) in [6.45, 7) is 2.12. The minimum atomic E-state index is 0.433. The van der Waals surface area contributed by atoms with Gasteiger partial charge in [0.15, 0.2) is 5.82 Å². The molecule has 1 aromatic carbocycles. The largest absolute Gasteiger partial charge is 0.381 e. The van der Waals surface area contributed by atoms with Crippen LogP contribution >= 0.6 is 35.0 Å². The van der Waals surface area contributed by atoms with Crippen LogP contribution in [0.4, 0.5) is 11.6 Å². The molecule has 2 aliphatic rings. The smallest absolute Gasteiger partial charge is 0.158 e. The number of benzene rings is 1. The van der Waals surface area contributed by atoms with Gasteiger partial charge in [-0.1, -0.05) is 47.5 Å². The Morgan fingerprint density at radius 2 is 2.04 bits per heavy atom. The van der Waals surface area contributed by atoms with E-state index in [0.717, 1.165) is 23.8 Å². The highest BCUT2D eigenvalue weighted by molar-refractivity contribution is 7.99. The van der Waals surface area contributed by atoms with Crippen molar-refractivity contribution in [2.45, 2.75) is 35.6 Å². The lowest BCUT2D eigenvalue weighted by Gasteiger charge is -2.38. The van der Waals surface area contributed by atoms with Gasteiger partial charge in [-0.15, -0.1) is 0 Å². The molecule has 4 rings (SSSR count). The number of nitrogen functional groups attached to an aromatic ring is 1. The average Bonchev–Trinajstić information content (AvgIpc) is 2.99. The van der Waals surface area contributed by atoms with Crippen molar-refractivity contribution in [3.63, 3.8) is 0 Å². The molecule has 2 heterocycles. The minimum Gasteiger partial charge on any atom is -0.381 e. The highest BCUT2D eigenvalue weighted by Gasteiger charge is 2.43. The number of aromatic nitrogens is 2. The van der Waals surface area contributed by atoms with Crippen LogP contribution in [-0.4, -0.2) is 23.1 Å². The van der Waals surface area contributed by atoms with Crippen LogP contribution in [0.15, 0.2) is 34.3 Å². The van der Waals surface area contributed by atoms with Crippen molar-refractivity contribution in [1.29, 1.82) is 0 Å². The molecule has 1 aliphatic carbocycles. The van der Waals surface area contributed by atoms with Crippen molar-refractivity contribution in [2.75, 3.05) is 23.7 Å². The first-order chi connectivity index (χ1) is 11.6. The van der Waals surface area contributed by atoms with Gasteiger partial charge in [0.25, 0.3) is 0 Å². The molecule has 1 saturated heterocycles. The number of hydrogen-bond acceptors (Lipinski definition) is 5. The molecule has 0 bridgehead atoms. The van der Waals surface area contributed by atoms with Gasteiger partial charge in [-0.3, -0.25) is 0 Å². The molecule has 1 spiro atoms. The second-order valence-corrected chi connectivity index (χ2v) is 8.41. The average molecular weight is 381 g/mol. The Morgan fingerprint density at radius 3 is 2.71 bits per heavy atom. The third kappa shape index (κ3) is 2.93. The molecule has 0 unspecified atom stereocenters. The Bertz CT molecular complexity index is 779. The van der Waals surface area contributed by atoms with Gasteiger partial charge >= 0.3 is 0 Å². The summed E-state index contributed by atoms with van der Waals surface area (Å²) in [5.41, 5.74) is 6.67. The van der Waals surface area contributed by atoms with Gasteiger partial charge in [0, 0.05) is 18.0 Å². The zero-order valence-electron chi connectivity index (χ0n) is 13.1. The van der Waals surface area contributed by atoms with Crippen molar-refractivity contribution < 1.29 is 0 Å². The molecule has 0 radical (unpaired) electrons. The maximum absolute atomic E-state index is 6.23. The van der Waals surface area contributed by atoms with Crippen LogP contribution in [0.1, 0.15) is 25.7 Å². The fourth-order valence-electron chi connectivity index (χ4n) is 3.50. The Kier molecular flexibility index (Phi) is 4.27. The van der Waals surface area contributed by atoms with Crippen LogP contribution in [0.5, 0.6) is 0 Å². The number of nitrogens with two attached hydrogens (primary N) is 1. The molecule has 24 heavy (non-hydrogen) atoms. The van der Waals surface area contributed by atoms with Crippen LogP contribution in [0.3, 0.4) is 0 Å². The van der Waals surface area contributed by atoms with E-state index in [-0.39, 0.29) is 0 Å². The Morgan fingerprint density at radius 1 is 1.21 bits per heavy atom. The van der Waals surface area contributed by atoms with Gasteiger partial charge in [-0.25, -0.2) is 9.97 Å². The predicted octanol–water partition coefficient (Wildman–Crippen LogP) is 4.90. The molecule has 2 fully saturated rings. The van der Waals surface area contributed by atoms with Gasteiger partial charge in [0.05, 0.1) is 16.2 Å². The first-order valence-corrected chi connectivity index (χ1v) is 9.63. The lowest BCUT2D eigenvalue weighted by atomic mass is 9.68. The molecular weight excluding hydrogens is 363 g/mol. The first kappa shape index (κ1) is 16.3. The van der Waals surface area contributed by atoms with Crippen LogP contribution in [0.25, 0.3) is 0 Å². The van der Waals surface area contributed by atoms with Crippen LogP contribution in [0.2, 0.25) is 10.0 Å². The summed E-state index contributed by atoms with van der Waals surface area (Å²) in [5, 5.41) is 1.69. The van der Waals surface area contributed by atoms with Crippen molar-refractivity contribution in [3.05, 3.63) is 34.4 Å². The van der Waals surface area contributed by atoms with Gasteiger partial charge in [-0.2, -0.15) is 0 Å². The number of hydrogen-bond donors (Lipinski definition) is 1. The van der Waals surface area contributed by atoms with Gasteiger partial charge in [-0.05, 0) is 36.8 Å². The standard InChI is InChI=1S/C17H18Cl2N4S/c18-11-3-1-4-12(14(11)19)24-16-15(20)22-13(9-21-16)23-8-7-17(10-23)5-2-6-17/h1,3-4,9H,2,5-8,10H2,(H2,20,22). The van der Waals surface area contributed by atoms with E-state index >= 15 is 0 Å². The Labute approximate surface area is 155 Å².